The average molecular weight is 197 g/mol. The van der Waals surface area contributed by atoms with E-state index in [2.05, 4.69) is 0 Å². The molecule has 0 aromatic rings. The Morgan fingerprint density at radius 2 is 2.36 bits per heavy atom. The van der Waals surface area contributed by atoms with E-state index in [1.54, 1.807) is 11.8 Å². The van der Waals surface area contributed by atoms with Crippen LogP contribution < -0.4 is 0 Å². The highest BCUT2D eigenvalue weighted by molar-refractivity contribution is 5.81. The lowest BCUT2D eigenvalue weighted by molar-refractivity contribution is -0.132. The molecule has 0 saturated carbocycles. The lowest BCUT2D eigenvalue weighted by Crippen LogP contribution is -2.32. The number of hydrogen-bond acceptors (Lipinski definition) is 2. The molecule has 1 amide bonds. The van der Waals surface area contributed by atoms with Gasteiger partial charge in [-0.25, -0.2) is 4.79 Å². The molecule has 1 aliphatic rings. The molecular formula is C10H15NO3. The minimum atomic E-state index is -0.957. The highest BCUT2D eigenvalue weighted by atomic mass is 16.4. The number of amides is 1. The lowest BCUT2D eigenvalue weighted by atomic mass is 10.2. The molecule has 1 unspecified atom stereocenters. The number of carbonyl (C=O) groups is 2. The maximum Gasteiger partial charge on any atom is 0.328 e. The summed E-state index contributed by atoms with van der Waals surface area (Å²) >= 11 is 0. The van der Waals surface area contributed by atoms with Gasteiger partial charge >= 0.3 is 5.97 Å². The zero-order valence-corrected chi connectivity index (χ0v) is 8.49. The zero-order valence-electron chi connectivity index (χ0n) is 8.49. The number of carbonyl (C=O) groups excluding carboxylic acids is 1. The molecule has 0 aromatic heterocycles. The first-order chi connectivity index (χ1) is 6.50. The Hall–Kier alpha value is -1.32. The molecule has 14 heavy (non-hydrogen) atoms. The van der Waals surface area contributed by atoms with Gasteiger partial charge in [0.05, 0.1) is 0 Å². The SMILES string of the molecule is C/C(=C\C(=O)O)CN1C(=O)CCC1C. The lowest BCUT2D eigenvalue weighted by Gasteiger charge is -2.21. The molecule has 0 bridgehead atoms. The largest absolute Gasteiger partial charge is 0.478 e. The minimum absolute atomic E-state index is 0.121. The van der Waals surface area contributed by atoms with Crippen LogP contribution >= 0.6 is 0 Å². The number of hydrogen-bond donors (Lipinski definition) is 1. The summed E-state index contributed by atoms with van der Waals surface area (Å²) in [4.78, 5) is 23.5. The molecule has 0 radical (unpaired) electrons. The fraction of sp³-hybridized carbons (Fsp3) is 0.600. The molecule has 78 valence electrons. The van der Waals surface area contributed by atoms with E-state index in [4.69, 9.17) is 5.11 Å². The van der Waals surface area contributed by atoms with Gasteiger partial charge in [-0.3, -0.25) is 4.79 Å². The van der Waals surface area contributed by atoms with E-state index in [0.29, 0.717) is 18.5 Å². The Balaban J connectivity index is 2.59. The van der Waals surface area contributed by atoms with Crippen LogP contribution in [0.15, 0.2) is 11.6 Å². The normalized spacial score (nSPS) is 23.0. The fourth-order valence-electron chi connectivity index (χ4n) is 1.65. The average Bonchev–Trinajstić information content (AvgIpc) is 2.34. The molecule has 1 aliphatic heterocycles. The quantitative estimate of drug-likeness (QED) is 0.687. The molecule has 4 heteroatoms. The second-order valence-electron chi connectivity index (χ2n) is 3.74. The number of aliphatic carboxylic acids is 1. The second-order valence-corrected chi connectivity index (χ2v) is 3.74. The van der Waals surface area contributed by atoms with Crippen molar-refractivity contribution < 1.29 is 14.7 Å². The molecule has 1 saturated heterocycles. The summed E-state index contributed by atoms with van der Waals surface area (Å²) in [6.45, 7) is 4.15. The summed E-state index contributed by atoms with van der Waals surface area (Å²) < 4.78 is 0. The highest BCUT2D eigenvalue weighted by Crippen LogP contribution is 2.18. The Kier molecular flexibility index (Phi) is 3.28. The van der Waals surface area contributed by atoms with E-state index in [1.165, 1.54) is 0 Å². The zero-order chi connectivity index (χ0) is 10.7. The predicted octanol–water partition coefficient (Wildman–Crippen LogP) is 1.03. The Bertz CT molecular complexity index is 283. The van der Waals surface area contributed by atoms with Gasteiger partial charge in [0.2, 0.25) is 5.91 Å². The van der Waals surface area contributed by atoms with Gasteiger partial charge in [0.25, 0.3) is 0 Å². The number of carboxylic acid groups (broad SMARTS) is 1. The van der Waals surface area contributed by atoms with Gasteiger partial charge in [0, 0.05) is 25.1 Å². The van der Waals surface area contributed by atoms with Crippen LogP contribution in [0.4, 0.5) is 0 Å². The Labute approximate surface area is 83.2 Å². The smallest absolute Gasteiger partial charge is 0.328 e. The van der Waals surface area contributed by atoms with Crippen molar-refractivity contribution in [2.24, 2.45) is 0 Å². The van der Waals surface area contributed by atoms with Gasteiger partial charge in [0.1, 0.15) is 0 Å². The highest BCUT2D eigenvalue weighted by Gasteiger charge is 2.27. The Morgan fingerprint density at radius 1 is 1.71 bits per heavy atom. The van der Waals surface area contributed by atoms with Gasteiger partial charge < -0.3 is 10.0 Å². The van der Waals surface area contributed by atoms with Crippen molar-refractivity contribution >= 4 is 11.9 Å². The summed E-state index contributed by atoms with van der Waals surface area (Å²) in [6, 6.07) is 0.236. The molecule has 0 spiro atoms. The third-order valence-electron chi connectivity index (χ3n) is 2.42. The van der Waals surface area contributed by atoms with Crippen LogP contribution in [0.5, 0.6) is 0 Å². The first-order valence-corrected chi connectivity index (χ1v) is 4.70. The monoisotopic (exact) mass is 197 g/mol. The predicted molar refractivity (Wildman–Crippen MR) is 51.8 cm³/mol. The van der Waals surface area contributed by atoms with E-state index in [9.17, 15) is 9.59 Å². The van der Waals surface area contributed by atoms with Crippen molar-refractivity contribution in [3.05, 3.63) is 11.6 Å². The molecule has 4 nitrogen and oxygen atoms in total. The van der Waals surface area contributed by atoms with Gasteiger partial charge in [-0.15, -0.1) is 0 Å². The van der Waals surface area contributed by atoms with E-state index in [0.717, 1.165) is 12.5 Å². The first kappa shape index (κ1) is 10.8. The summed E-state index contributed by atoms with van der Waals surface area (Å²) in [7, 11) is 0. The van der Waals surface area contributed by atoms with E-state index in [1.807, 2.05) is 6.92 Å². The summed E-state index contributed by atoms with van der Waals surface area (Å²) in [5.74, 6) is -0.836. The van der Waals surface area contributed by atoms with Crippen molar-refractivity contribution in [3.8, 4) is 0 Å². The number of rotatable bonds is 3. The van der Waals surface area contributed by atoms with Crippen LogP contribution in [0.3, 0.4) is 0 Å². The van der Waals surface area contributed by atoms with Crippen LogP contribution in [0.2, 0.25) is 0 Å². The molecule has 1 heterocycles. The topological polar surface area (TPSA) is 57.6 Å². The standard InChI is InChI=1S/C10H15NO3/c1-7(5-10(13)14)6-11-8(2)3-4-9(11)12/h5,8H,3-4,6H2,1-2H3,(H,13,14)/b7-5+. The number of nitrogens with zero attached hydrogens (tertiary/aromatic N) is 1. The molecular weight excluding hydrogens is 182 g/mol. The third kappa shape index (κ3) is 2.58. The van der Waals surface area contributed by atoms with E-state index >= 15 is 0 Å². The molecule has 1 atom stereocenters. The summed E-state index contributed by atoms with van der Waals surface area (Å²) in [5.41, 5.74) is 0.708. The summed E-state index contributed by atoms with van der Waals surface area (Å²) in [6.07, 6.45) is 2.61. The Morgan fingerprint density at radius 3 is 2.79 bits per heavy atom. The van der Waals surface area contributed by atoms with Gasteiger partial charge in [-0.2, -0.15) is 0 Å². The van der Waals surface area contributed by atoms with Gasteiger partial charge in [0.15, 0.2) is 0 Å². The van der Waals surface area contributed by atoms with Crippen molar-refractivity contribution in [2.75, 3.05) is 6.54 Å². The summed E-state index contributed by atoms with van der Waals surface area (Å²) in [5, 5.41) is 8.51. The molecule has 1 rings (SSSR count). The van der Waals surface area contributed by atoms with Crippen molar-refractivity contribution in [1.29, 1.82) is 0 Å². The van der Waals surface area contributed by atoms with Crippen molar-refractivity contribution in [1.82, 2.24) is 4.90 Å². The van der Waals surface area contributed by atoms with Crippen molar-refractivity contribution in [2.45, 2.75) is 32.7 Å². The number of carboxylic acids is 1. The van der Waals surface area contributed by atoms with Gasteiger partial charge in [-0.1, -0.05) is 0 Å². The van der Waals surface area contributed by atoms with Crippen LogP contribution in [-0.2, 0) is 9.59 Å². The third-order valence-corrected chi connectivity index (χ3v) is 2.42. The number of likely N-dealkylation sites (tertiary alicyclic amines) is 1. The van der Waals surface area contributed by atoms with E-state index < -0.39 is 5.97 Å². The van der Waals surface area contributed by atoms with Crippen LogP contribution in [0.25, 0.3) is 0 Å². The minimum Gasteiger partial charge on any atom is -0.478 e. The maximum absolute atomic E-state index is 11.4. The first-order valence-electron chi connectivity index (χ1n) is 4.70. The molecule has 0 aromatic carbocycles. The maximum atomic E-state index is 11.4. The van der Waals surface area contributed by atoms with Crippen molar-refractivity contribution in [3.63, 3.8) is 0 Å². The van der Waals surface area contributed by atoms with E-state index in [-0.39, 0.29) is 11.9 Å². The second kappa shape index (κ2) is 4.26. The molecule has 1 N–H and O–H groups in total. The molecule has 0 aliphatic carbocycles. The van der Waals surface area contributed by atoms with Gasteiger partial charge in [-0.05, 0) is 25.8 Å². The van der Waals surface area contributed by atoms with Crippen LogP contribution in [-0.4, -0.2) is 34.5 Å². The molecule has 1 fully saturated rings. The fourth-order valence-corrected chi connectivity index (χ4v) is 1.65. The van der Waals surface area contributed by atoms with Crippen LogP contribution in [0, 0.1) is 0 Å². The van der Waals surface area contributed by atoms with Crippen LogP contribution in [0.1, 0.15) is 26.7 Å².